The summed E-state index contributed by atoms with van der Waals surface area (Å²) < 4.78 is 32.0. The molecular weight excluding hydrogens is 380 g/mol. The zero-order chi connectivity index (χ0) is 20.6. The highest BCUT2D eigenvalue weighted by atomic mass is 32.2. The molecule has 28 heavy (non-hydrogen) atoms. The van der Waals surface area contributed by atoms with E-state index in [4.69, 9.17) is 0 Å². The third-order valence-electron chi connectivity index (χ3n) is 3.87. The molecule has 0 atom stereocenters. The van der Waals surface area contributed by atoms with Crippen LogP contribution in [-0.4, -0.2) is 40.5 Å². The van der Waals surface area contributed by atoms with Crippen molar-refractivity contribution in [2.75, 3.05) is 24.5 Å². The predicted molar refractivity (Wildman–Crippen MR) is 107 cm³/mol. The van der Waals surface area contributed by atoms with Crippen molar-refractivity contribution < 1.29 is 22.7 Å². The average Bonchev–Trinajstić information content (AvgIpc) is 2.72. The van der Waals surface area contributed by atoms with E-state index in [9.17, 15) is 18.0 Å². The number of para-hydroxylation sites is 1. The van der Waals surface area contributed by atoms with E-state index in [1.807, 2.05) is 0 Å². The lowest BCUT2D eigenvalue weighted by Gasteiger charge is -2.23. The Labute approximate surface area is 164 Å². The molecule has 0 aliphatic heterocycles. The summed E-state index contributed by atoms with van der Waals surface area (Å²) in [6, 6.07) is 14.4. The van der Waals surface area contributed by atoms with Crippen molar-refractivity contribution in [3.05, 3.63) is 72.8 Å². The van der Waals surface area contributed by atoms with Gasteiger partial charge in [-0.25, -0.2) is 8.42 Å². The van der Waals surface area contributed by atoms with Crippen molar-refractivity contribution in [1.29, 1.82) is 0 Å². The number of methoxy groups -OCH3 is 1. The van der Waals surface area contributed by atoms with E-state index in [1.165, 1.54) is 41.8 Å². The second kappa shape index (κ2) is 9.70. The fourth-order valence-corrected chi connectivity index (χ4v) is 3.94. The summed E-state index contributed by atoms with van der Waals surface area (Å²) >= 11 is 0. The van der Waals surface area contributed by atoms with Crippen LogP contribution in [-0.2, 0) is 19.6 Å². The Balaban J connectivity index is 2.26. The Morgan fingerprint density at radius 1 is 1.14 bits per heavy atom. The lowest BCUT2D eigenvalue weighted by Crippen LogP contribution is -2.31. The van der Waals surface area contributed by atoms with Gasteiger partial charge in [-0.3, -0.25) is 13.9 Å². The van der Waals surface area contributed by atoms with Crippen molar-refractivity contribution in [1.82, 2.24) is 5.32 Å². The average molecular weight is 402 g/mol. The van der Waals surface area contributed by atoms with Gasteiger partial charge in [0, 0.05) is 12.1 Å². The van der Waals surface area contributed by atoms with Crippen LogP contribution < -0.4 is 9.62 Å². The second-order valence-corrected chi connectivity index (χ2v) is 7.63. The number of amides is 1. The maximum atomic E-state index is 13.1. The number of esters is 1. The fourth-order valence-electron chi connectivity index (χ4n) is 2.46. The highest BCUT2D eigenvalue weighted by Crippen LogP contribution is 2.24. The van der Waals surface area contributed by atoms with Crippen LogP contribution in [0.2, 0.25) is 0 Å². The summed E-state index contributed by atoms with van der Waals surface area (Å²) in [4.78, 5) is 23.4. The van der Waals surface area contributed by atoms with Gasteiger partial charge < -0.3 is 10.1 Å². The minimum Gasteiger partial charge on any atom is -0.469 e. The number of hydrogen-bond acceptors (Lipinski definition) is 5. The first kappa shape index (κ1) is 21.2. The minimum atomic E-state index is -3.90. The molecule has 0 radical (unpaired) electrons. The van der Waals surface area contributed by atoms with Crippen molar-refractivity contribution in [2.24, 2.45) is 0 Å². The standard InChI is InChI=1S/C20H22N2O5S/c1-3-14-22(17-9-5-4-6-10-17)28(25,26)18-11-7-8-16(15-18)20(24)21-13-12-19(23)27-2/h3-11,15H,1,12-14H2,2H3,(H,21,24). The quantitative estimate of drug-likeness (QED) is 0.513. The van der Waals surface area contributed by atoms with Crippen LogP contribution in [0.15, 0.2) is 72.1 Å². The molecule has 0 saturated heterocycles. The van der Waals surface area contributed by atoms with Crippen LogP contribution in [0, 0.1) is 0 Å². The molecule has 148 valence electrons. The first-order valence-corrected chi connectivity index (χ1v) is 9.98. The molecule has 0 aromatic heterocycles. The predicted octanol–water partition coefficient (Wildman–Crippen LogP) is 2.36. The number of nitrogens with zero attached hydrogens (tertiary/aromatic N) is 1. The number of nitrogens with one attached hydrogen (secondary N) is 1. The number of rotatable bonds is 9. The molecule has 1 N–H and O–H groups in total. The topological polar surface area (TPSA) is 92.8 Å². The number of benzene rings is 2. The third-order valence-corrected chi connectivity index (χ3v) is 5.66. The van der Waals surface area contributed by atoms with Gasteiger partial charge in [-0.05, 0) is 30.3 Å². The fraction of sp³-hybridized carbons (Fsp3) is 0.200. The molecule has 2 rings (SSSR count). The number of carbonyl (C=O) groups is 2. The number of ether oxygens (including phenoxy) is 1. The maximum absolute atomic E-state index is 13.1. The summed E-state index contributed by atoms with van der Waals surface area (Å²) in [5.41, 5.74) is 0.674. The molecule has 0 aliphatic rings. The monoisotopic (exact) mass is 402 g/mol. The molecule has 2 aromatic rings. The minimum absolute atomic E-state index is 0.0150. The lowest BCUT2D eigenvalue weighted by molar-refractivity contribution is -0.140. The summed E-state index contributed by atoms with van der Waals surface area (Å²) in [6.07, 6.45) is 1.52. The molecule has 1 amide bonds. The van der Waals surface area contributed by atoms with Gasteiger partial charge >= 0.3 is 5.97 Å². The SMILES string of the molecule is C=CCN(c1ccccc1)S(=O)(=O)c1cccc(C(=O)NCCC(=O)OC)c1. The smallest absolute Gasteiger partial charge is 0.307 e. The van der Waals surface area contributed by atoms with E-state index >= 15 is 0 Å². The van der Waals surface area contributed by atoms with Gasteiger partial charge in [0.05, 0.1) is 30.7 Å². The van der Waals surface area contributed by atoms with Crippen LogP contribution in [0.4, 0.5) is 5.69 Å². The lowest BCUT2D eigenvalue weighted by atomic mass is 10.2. The largest absolute Gasteiger partial charge is 0.469 e. The van der Waals surface area contributed by atoms with Gasteiger partial charge in [0.25, 0.3) is 15.9 Å². The van der Waals surface area contributed by atoms with E-state index in [2.05, 4.69) is 16.6 Å². The Morgan fingerprint density at radius 3 is 2.50 bits per heavy atom. The molecule has 0 bridgehead atoms. The Morgan fingerprint density at radius 2 is 1.86 bits per heavy atom. The molecule has 0 aliphatic carbocycles. The maximum Gasteiger partial charge on any atom is 0.307 e. The van der Waals surface area contributed by atoms with Gasteiger partial charge in [0.2, 0.25) is 0 Å². The van der Waals surface area contributed by atoms with Crippen LogP contribution in [0.25, 0.3) is 0 Å². The molecule has 0 saturated carbocycles. The third kappa shape index (κ3) is 5.20. The van der Waals surface area contributed by atoms with E-state index < -0.39 is 21.9 Å². The van der Waals surface area contributed by atoms with E-state index in [0.29, 0.717) is 5.69 Å². The van der Waals surface area contributed by atoms with E-state index in [-0.39, 0.29) is 30.0 Å². The normalized spacial score (nSPS) is 10.8. The van der Waals surface area contributed by atoms with Gasteiger partial charge in [-0.1, -0.05) is 30.3 Å². The Bertz CT molecular complexity index is 942. The Hall–Kier alpha value is -3.13. The first-order chi connectivity index (χ1) is 13.4. The summed E-state index contributed by atoms with van der Waals surface area (Å²) in [6.45, 7) is 3.80. The highest BCUT2D eigenvalue weighted by molar-refractivity contribution is 7.92. The molecule has 0 fully saturated rings. The van der Waals surface area contributed by atoms with Crippen LogP contribution in [0.3, 0.4) is 0 Å². The van der Waals surface area contributed by atoms with Crippen LogP contribution in [0.5, 0.6) is 0 Å². The van der Waals surface area contributed by atoms with Gasteiger partial charge in [0.15, 0.2) is 0 Å². The van der Waals surface area contributed by atoms with Crippen molar-refractivity contribution in [3.8, 4) is 0 Å². The van der Waals surface area contributed by atoms with E-state index in [1.54, 1.807) is 30.3 Å². The second-order valence-electron chi connectivity index (χ2n) is 5.77. The van der Waals surface area contributed by atoms with Crippen molar-refractivity contribution in [3.63, 3.8) is 0 Å². The van der Waals surface area contributed by atoms with Gasteiger partial charge in [-0.2, -0.15) is 0 Å². The molecule has 0 spiro atoms. The number of carbonyl (C=O) groups excluding carboxylic acids is 2. The molecule has 0 heterocycles. The molecule has 2 aromatic carbocycles. The highest BCUT2D eigenvalue weighted by Gasteiger charge is 2.24. The summed E-state index contributed by atoms with van der Waals surface area (Å²) in [7, 11) is -2.64. The Kier molecular flexibility index (Phi) is 7.34. The molecular formula is C20H22N2O5S. The van der Waals surface area contributed by atoms with Crippen molar-refractivity contribution in [2.45, 2.75) is 11.3 Å². The zero-order valence-corrected chi connectivity index (χ0v) is 16.3. The van der Waals surface area contributed by atoms with Crippen LogP contribution in [0.1, 0.15) is 16.8 Å². The van der Waals surface area contributed by atoms with Gasteiger partial charge in [0.1, 0.15) is 0 Å². The summed E-state index contributed by atoms with van der Waals surface area (Å²) in [5, 5.41) is 2.56. The molecule has 0 unspecified atom stereocenters. The zero-order valence-electron chi connectivity index (χ0n) is 15.5. The molecule has 7 nitrogen and oxygen atoms in total. The van der Waals surface area contributed by atoms with E-state index in [0.717, 1.165) is 0 Å². The summed E-state index contributed by atoms with van der Waals surface area (Å²) in [5.74, 6) is -0.921. The number of sulfonamides is 1. The van der Waals surface area contributed by atoms with Crippen LogP contribution >= 0.6 is 0 Å². The van der Waals surface area contributed by atoms with Crippen molar-refractivity contribution >= 4 is 27.6 Å². The number of anilines is 1. The van der Waals surface area contributed by atoms with Gasteiger partial charge in [-0.15, -0.1) is 6.58 Å². The number of hydrogen-bond donors (Lipinski definition) is 1. The molecule has 8 heteroatoms. The first-order valence-electron chi connectivity index (χ1n) is 8.54.